The van der Waals surface area contributed by atoms with Gasteiger partial charge in [-0.05, 0) is 38.7 Å². The lowest BCUT2D eigenvalue weighted by atomic mass is 10.1. The van der Waals surface area contributed by atoms with Gasteiger partial charge >= 0.3 is 5.97 Å². The normalized spacial score (nSPS) is 14.1. The Hall–Kier alpha value is -2.11. The third kappa shape index (κ3) is 2.89. The highest BCUT2D eigenvalue weighted by atomic mass is 16.6. The number of nitro benzene ring substituents is 1. The van der Waals surface area contributed by atoms with Crippen molar-refractivity contribution in [1.82, 2.24) is 0 Å². The lowest BCUT2D eigenvalue weighted by molar-refractivity contribution is -0.385. The Morgan fingerprint density at radius 3 is 2.60 bits per heavy atom. The quantitative estimate of drug-likeness (QED) is 0.639. The van der Waals surface area contributed by atoms with Crippen molar-refractivity contribution in [1.29, 1.82) is 0 Å². The number of hydrogen-bond donors (Lipinski definition) is 1. The fourth-order valence-electron chi connectivity index (χ4n) is 2.34. The molecule has 0 spiro atoms. The van der Waals surface area contributed by atoms with Gasteiger partial charge in [0.05, 0.1) is 16.1 Å². The largest absolute Gasteiger partial charge is 0.478 e. The first-order valence-electron chi connectivity index (χ1n) is 6.71. The Morgan fingerprint density at radius 1 is 1.50 bits per heavy atom. The Morgan fingerprint density at radius 2 is 2.15 bits per heavy atom. The van der Waals surface area contributed by atoms with Crippen molar-refractivity contribution < 1.29 is 14.8 Å². The summed E-state index contributed by atoms with van der Waals surface area (Å²) in [6, 6.07) is 2.67. The molecule has 6 heteroatoms. The summed E-state index contributed by atoms with van der Waals surface area (Å²) in [6.45, 7) is 5.19. The fourth-order valence-corrected chi connectivity index (χ4v) is 2.34. The second-order valence-electron chi connectivity index (χ2n) is 5.18. The van der Waals surface area contributed by atoms with Crippen LogP contribution in [0.4, 0.5) is 11.4 Å². The van der Waals surface area contributed by atoms with Crippen molar-refractivity contribution in [2.45, 2.75) is 26.7 Å². The van der Waals surface area contributed by atoms with E-state index in [1.165, 1.54) is 18.9 Å². The molecule has 20 heavy (non-hydrogen) atoms. The average Bonchev–Trinajstić information content (AvgIpc) is 3.19. The van der Waals surface area contributed by atoms with Gasteiger partial charge in [-0.25, -0.2) is 4.79 Å². The molecule has 0 radical (unpaired) electrons. The number of aromatic carboxylic acids is 1. The molecule has 1 fully saturated rings. The predicted octanol–water partition coefficient (Wildman–Crippen LogP) is 2.84. The molecule has 1 N–H and O–H groups in total. The summed E-state index contributed by atoms with van der Waals surface area (Å²) in [5.41, 5.74) is 1.02. The van der Waals surface area contributed by atoms with Crippen LogP contribution in [0.5, 0.6) is 0 Å². The number of carboxylic acid groups (broad SMARTS) is 1. The lowest BCUT2D eigenvalue weighted by Crippen LogP contribution is -2.26. The van der Waals surface area contributed by atoms with Gasteiger partial charge < -0.3 is 10.0 Å². The summed E-state index contributed by atoms with van der Waals surface area (Å²) in [5, 5.41) is 20.2. The van der Waals surface area contributed by atoms with E-state index in [1.807, 2.05) is 11.8 Å². The molecule has 1 aliphatic rings. The summed E-state index contributed by atoms with van der Waals surface area (Å²) >= 11 is 0. The van der Waals surface area contributed by atoms with Crippen LogP contribution < -0.4 is 4.90 Å². The molecule has 2 rings (SSSR count). The van der Waals surface area contributed by atoms with Gasteiger partial charge in [0.25, 0.3) is 5.69 Å². The smallest absolute Gasteiger partial charge is 0.336 e. The average molecular weight is 278 g/mol. The SMILES string of the molecule is CCN(CC1CC1)c1cc(C(=O)O)cc([N+](=O)[O-])c1C. The van der Waals surface area contributed by atoms with Gasteiger partial charge in [0.2, 0.25) is 0 Å². The van der Waals surface area contributed by atoms with E-state index in [4.69, 9.17) is 5.11 Å². The number of carbonyl (C=O) groups is 1. The molecule has 0 aliphatic heterocycles. The molecule has 0 heterocycles. The van der Waals surface area contributed by atoms with E-state index < -0.39 is 10.9 Å². The van der Waals surface area contributed by atoms with E-state index >= 15 is 0 Å². The molecule has 1 saturated carbocycles. The van der Waals surface area contributed by atoms with Crippen LogP contribution in [0.15, 0.2) is 12.1 Å². The van der Waals surface area contributed by atoms with E-state index in [-0.39, 0.29) is 11.3 Å². The standard InChI is InChI=1S/C14H18N2O4/c1-3-15(8-10-4-5-10)12-6-11(14(17)18)7-13(9(12)2)16(19)20/h6-7,10H,3-5,8H2,1-2H3,(H,17,18). The second kappa shape index (κ2) is 5.48. The van der Waals surface area contributed by atoms with Crippen LogP contribution in [0, 0.1) is 23.0 Å². The minimum absolute atomic E-state index is 0.0356. The molecule has 108 valence electrons. The van der Waals surface area contributed by atoms with E-state index in [0.29, 0.717) is 23.7 Å². The van der Waals surface area contributed by atoms with Gasteiger partial charge in [0.15, 0.2) is 0 Å². The van der Waals surface area contributed by atoms with Crippen LogP contribution >= 0.6 is 0 Å². The molecular formula is C14H18N2O4. The molecule has 0 amide bonds. The van der Waals surface area contributed by atoms with Crippen molar-refractivity contribution in [2.24, 2.45) is 5.92 Å². The number of nitro groups is 1. The summed E-state index contributed by atoms with van der Waals surface area (Å²) in [7, 11) is 0. The third-order valence-corrected chi connectivity index (χ3v) is 3.69. The molecule has 1 aromatic rings. The van der Waals surface area contributed by atoms with E-state index in [2.05, 4.69) is 0 Å². The Kier molecular flexibility index (Phi) is 3.92. The summed E-state index contributed by atoms with van der Waals surface area (Å²) in [6.07, 6.45) is 2.35. The third-order valence-electron chi connectivity index (χ3n) is 3.69. The highest BCUT2D eigenvalue weighted by Gasteiger charge is 2.27. The van der Waals surface area contributed by atoms with Crippen LogP contribution in [0.3, 0.4) is 0 Å². The highest BCUT2D eigenvalue weighted by Crippen LogP contribution is 2.35. The number of rotatable bonds is 6. The topological polar surface area (TPSA) is 83.7 Å². The molecule has 0 aromatic heterocycles. The number of anilines is 1. The maximum Gasteiger partial charge on any atom is 0.336 e. The van der Waals surface area contributed by atoms with E-state index in [9.17, 15) is 14.9 Å². The number of carboxylic acids is 1. The second-order valence-corrected chi connectivity index (χ2v) is 5.18. The molecule has 0 atom stereocenters. The van der Waals surface area contributed by atoms with E-state index in [1.54, 1.807) is 6.92 Å². The van der Waals surface area contributed by atoms with Crippen LogP contribution in [-0.4, -0.2) is 29.1 Å². The fraction of sp³-hybridized carbons (Fsp3) is 0.500. The predicted molar refractivity (Wildman–Crippen MR) is 75.4 cm³/mol. The number of hydrogen-bond acceptors (Lipinski definition) is 4. The molecule has 6 nitrogen and oxygen atoms in total. The van der Waals surface area contributed by atoms with Gasteiger partial charge in [-0.1, -0.05) is 0 Å². The van der Waals surface area contributed by atoms with E-state index in [0.717, 1.165) is 12.6 Å². The van der Waals surface area contributed by atoms with Crippen molar-refractivity contribution in [3.05, 3.63) is 33.4 Å². The van der Waals surface area contributed by atoms with Crippen LogP contribution in [0.25, 0.3) is 0 Å². The maximum absolute atomic E-state index is 11.1. The van der Waals surface area contributed by atoms with Gasteiger partial charge in [-0.2, -0.15) is 0 Å². The summed E-state index contributed by atoms with van der Waals surface area (Å²) in [4.78, 5) is 23.7. The van der Waals surface area contributed by atoms with Crippen molar-refractivity contribution in [3.63, 3.8) is 0 Å². The van der Waals surface area contributed by atoms with Gasteiger partial charge in [0, 0.05) is 24.8 Å². The highest BCUT2D eigenvalue weighted by molar-refractivity contribution is 5.90. The zero-order chi connectivity index (χ0) is 14.9. The Bertz CT molecular complexity index is 552. The Balaban J connectivity index is 2.47. The minimum atomic E-state index is -1.14. The van der Waals surface area contributed by atoms with Crippen molar-refractivity contribution in [2.75, 3.05) is 18.0 Å². The van der Waals surface area contributed by atoms with Gasteiger partial charge in [-0.15, -0.1) is 0 Å². The molecule has 0 saturated heterocycles. The molecule has 1 aliphatic carbocycles. The van der Waals surface area contributed by atoms with Crippen molar-refractivity contribution in [3.8, 4) is 0 Å². The minimum Gasteiger partial charge on any atom is -0.478 e. The summed E-state index contributed by atoms with van der Waals surface area (Å²) < 4.78 is 0. The first kappa shape index (κ1) is 14.3. The molecular weight excluding hydrogens is 260 g/mol. The van der Waals surface area contributed by atoms with Gasteiger partial charge in [0.1, 0.15) is 0 Å². The maximum atomic E-state index is 11.1. The van der Waals surface area contributed by atoms with Crippen LogP contribution in [-0.2, 0) is 0 Å². The zero-order valence-electron chi connectivity index (χ0n) is 11.6. The first-order chi connectivity index (χ1) is 9.43. The van der Waals surface area contributed by atoms with Crippen molar-refractivity contribution >= 4 is 17.3 Å². The number of benzene rings is 1. The van der Waals surface area contributed by atoms with Crippen LogP contribution in [0.2, 0.25) is 0 Å². The monoisotopic (exact) mass is 278 g/mol. The molecule has 1 aromatic carbocycles. The first-order valence-corrected chi connectivity index (χ1v) is 6.71. The summed E-state index contributed by atoms with van der Waals surface area (Å²) in [5.74, 6) is -0.515. The molecule has 0 unspecified atom stereocenters. The zero-order valence-corrected chi connectivity index (χ0v) is 11.6. The number of nitrogens with zero attached hydrogens (tertiary/aromatic N) is 2. The van der Waals surface area contributed by atoms with Gasteiger partial charge in [-0.3, -0.25) is 10.1 Å². The van der Waals surface area contributed by atoms with Crippen LogP contribution in [0.1, 0.15) is 35.7 Å². The molecule has 0 bridgehead atoms. The Labute approximate surface area is 117 Å². The lowest BCUT2D eigenvalue weighted by Gasteiger charge is -2.25.